The molecule has 0 saturated carbocycles. The monoisotopic (exact) mass is 359 g/mol. The van der Waals surface area contributed by atoms with Crippen LogP contribution in [0, 0.1) is 11.8 Å². The lowest BCUT2D eigenvalue weighted by molar-refractivity contribution is -0.166. The SMILES string of the molecule is CCOC(=O)C1C(=O)C(C(=O)OCC)C2CCC1N2Cc1ccccc1. The van der Waals surface area contributed by atoms with Crippen LogP contribution in [0.15, 0.2) is 30.3 Å². The topological polar surface area (TPSA) is 72.9 Å². The van der Waals surface area contributed by atoms with Gasteiger partial charge in [-0.2, -0.15) is 0 Å². The van der Waals surface area contributed by atoms with Crippen LogP contribution >= 0.6 is 0 Å². The van der Waals surface area contributed by atoms with Crippen molar-refractivity contribution in [3.63, 3.8) is 0 Å². The van der Waals surface area contributed by atoms with Gasteiger partial charge >= 0.3 is 11.9 Å². The first kappa shape index (κ1) is 18.6. The summed E-state index contributed by atoms with van der Waals surface area (Å²) >= 11 is 0. The van der Waals surface area contributed by atoms with Gasteiger partial charge in [-0.05, 0) is 32.3 Å². The third kappa shape index (κ3) is 3.38. The Hall–Kier alpha value is -2.21. The Kier molecular flexibility index (Phi) is 5.71. The summed E-state index contributed by atoms with van der Waals surface area (Å²) in [5.41, 5.74) is 1.09. The summed E-state index contributed by atoms with van der Waals surface area (Å²) in [4.78, 5) is 40.1. The van der Waals surface area contributed by atoms with Gasteiger partial charge in [-0.1, -0.05) is 30.3 Å². The summed E-state index contributed by atoms with van der Waals surface area (Å²) in [6, 6.07) is 9.43. The second-order valence-electron chi connectivity index (χ2n) is 6.73. The lowest BCUT2D eigenvalue weighted by atomic mass is 9.81. The minimum atomic E-state index is -0.924. The van der Waals surface area contributed by atoms with Gasteiger partial charge < -0.3 is 9.47 Å². The predicted molar refractivity (Wildman–Crippen MR) is 94.0 cm³/mol. The molecule has 0 spiro atoms. The molecular weight excluding hydrogens is 334 g/mol. The van der Waals surface area contributed by atoms with E-state index in [0.29, 0.717) is 19.4 Å². The molecule has 0 aromatic heterocycles. The van der Waals surface area contributed by atoms with Crippen molar-refractivity contribution in [2.75, 3.05) is 13.2 Å². The number of Topliss-reactive ketones (excluding diaryl/α,β-unsaturated/α-hetero) is 1. The van der Waals surface area contributed by atoms with Gasteiger partial charge in [0, 0.05) is 18.6 Å². The number of piperidine rings is 1. The average molecular weight is 359 g/mol. The number of nitrogens with zero attached hydrogens (tertiary/aromatic N) is 1. The van der Waals surface area contributed by atoms with E-state index in [4.69, 9.17) is 9.47 Å². The number of esters is 2. The van der Waals surface area contributed by atoms with Gasteiger partial charge in [-0.15, -0.1) is 0 Å². The van der Waals surface area contributed by atoms with Crippen molar-refractivity contribution in [1.29, 1.82) is 0 Å². The number of carbonyl (C=O) groups excluding carboxylic acids is 3. The van der Waals surface area contributed by atoms with Crippen LogP contribution < -0.4 is 0 Å². The molecule has 2 aliphatic heterocycles. The van der Waals surface area contributed by atoms with E-state index in [1.54, 1.807) is 13.8 Å². The fourth-order valence-electron chi connectivity index (χ4n) is 4.25. The molecule has 0 N–H and O–H groups in total. The Morgan fingerprint density at radius 2 is 1.46 bits per heavy atom. The Morgan fingerprint density at radius 3 is 1.92 bits per heavy atom. The van der Waals surface area contributed by atoms with Crippen LogP contribution in [0.25, 0.3) is 0 Å². The molecule has 3 rings (SSSR count). The number of hydrogen-bond acceptors (Lipinski definition) is 6. The van der Waals surface area contributed by atoms with Crippen molar-refractivity contribution < 1.29 is 23.9 Å². The Morgan fingerprint density at radius 1 is 0.962 bits per heavy atom. The maximum absolute atomic E-state index is 13.0. The largest absolute Gasteiger partial charge is 0.465 e. The first-order valence-electron chi connectivity index (χ1n) is 9.25. The fourth-order valence-corrected chi connectivity index (χ4v) is 4.25. The highest BCUT2D eigenvalue weighted by Gasteiger charge is 2.58. The summed E-state index contributed by atoms with van der Waals surface area (Å²) in [5, 5.41) is 0. The normalized spacial score (nSPS) is 28.0. The summed E-state index contributed by atoms with van der Waals surface area (Å²) < 4.78 is 10.3. The van der Waals surface area contributed by atoms with Crippen LogP contribution in [0.4, 0.5) is 0 Å². The number of rotatable bonds is 6. The van der Waals surface area contributed by atoms with Gasteiger partial charge in [0.1, 0.15) is 11.8 Å². The summed E-state index contributed by atoms with van der Waals surface area (Å²) in [5.74, 6) is -3.26. The summed E-state index contributed by atoms with van der Waals surface area (Å²) in [7, 11) is 0. The first-order valence-corrected chi connectivity index (χ1v) is 9.25. The van der Waals surface area contributed by atoms with E-state index in [-0.39, 0.29) is 31.1 Å². The molecule has 1 aromatic rings. The predicted octanol–water partition coefficient (Wildman–Crippen LogP) is 1.96. The first-order chi connectivity index (χ1) is 12.6. The minimum absolute atomic E-state index is 0.210. The highest BCUT2D eigenvalue weighted by molar-refractivity contribution is 6.10. The van der Waals surface area contributed by atoms with Crippen LogP contribution in [0.2, 0.25) is 0 Å². The molecule has 0 radical (unpaired) electrons. The summed E-state index contributed by atoms with van der Waals surface area (Å²) in [6.07, 6.45) is 1.39. The zero-order chi connectivity index (χ0) is 18.7. The quantitative estimate of drug-likeness (QED) is 0.571. The number of ketones is 1. The number of benzene rings is 1. The summed E-state index contributed by atoms with van der Waals surface area (Å²) in [6.45, 7) is 4.44. The zero-order valence-electron chi connectivity index (χ0n) is 15.2. The van der Waals surface area contributed by atoms with Crippen LogP contribution in [0.5, 0.6) is 0 Å². The molecule has 6 nitrogen and oxygen atoms in total. The van der Waals surface area contributed by atoms with Gasteiger partial charge in [0.2, 0.25) is 0 Å². The second kappa shape index (κ2) is 7.99. The van der Waals surface area contributed by atoms with Crippen molar-refractivity contribution in [3.8, 4) is 0 Å². The maximum atomic E-state index is 13.0. The third-order valence-corrected chi connectivity index (χ3v) is 5.28. The van der Waals surface area contributed by atoms with Crippen molar-refractivity contribution >= 4 is 17.7 Å². The van der Waals surface area contributed by atoms with Crippen molar-refractivity contribution in [2.45, 2.75) is 45.3 Å². The second-order valence-corrected chi connectivity index (χ2v) is 6.73. The van der Waals surface area contributed by atoms with E-state index in [2.05, 4.69) is 4.90 Å². The molecule has 4 atom stereocenters. The molecule has 2 fully saturated rings. The standard InChI is InChI=1S/C20H25NO5/c1-3-25-19(23)16-14-10-11-15(17(18(16)22)20(24)26-4-2)21(14)12-13-8-6-5-7-9-13/h5-9,14-17H,3-4,10-12H2,1-2H3. The smallest absolute Gasteiger partial charge is 0.318 e. The Balaban J connectivity index is 1.93. The van der Waals surface area contributed by atoms with Crippen LogP contribution in [-0.2, 0) is 30.4 Å². The van der Waals surface area contributed by atoms with Crippen LogP contribution in [0.3, 0.4) is 0 Å². The molecule has 0 amide bonds. The van der Waals surface area contributed by atoms with E-state index in [0.717, 1.165) is 5.56 Å². The molecule has 26 heavy (non-hydrogen) atoms. The Bertz CT molecular complexity index is 638. The number of fused-ring (bicyclic) bond motifs is 2. The zero-order valence-corrected chi connectivity index (χ0v) is 15.2. The molecule has 2 bridgehead atoms. The lowest BCUT2D eigenvalue weighted by Crippen LogP contribution is -2.58. The molecule has 1 aromatic carbocycles. The van der Waals surface area contributed by atoms with Crippen molar-refractivity contribution in [2.24, 2.45) is 11.8 Å². The Labute approximate surface area is 153 Å². The number of hydrogen-bond donors (Lipinski definition) is 0. The van der Waals surface area contributed by atoms with Crippen molar-refractivity contribution in [1.82, 2.24) is 4.90 Å². The highest BCUT2D eigenvalue weighted by atomic mass is 16.5. The van der Waals surface area contributed by atoms with Gasteiger partial charge in [0.25, 0.3) is 0 Å². The minimum Gasteiger partial charge on any atom is -0.465 e. The molecule has 6 heteroatoms. The molecule has 140 valence electrons. The van der Waals surface area contributed by atoms with Gasteiger partial charge in [-0.3, -0.25) is 19.3 Å². The van der Waals surface area contributed by atoms with E-state index >= 15 is 0 Å². The lowest BCUT2D eigenvalue weighted by Gasteiger charge is -2.41. The van der Waals surface area contributed by atoms with Crippen LogP contribution in [0.1, 0.15) is 32.3 Å². The highest BCUT2D eigenvalue weighted by Crippen LogP contribution is 2.42. The van der Waals surface area contributed by atoms with Crippen LogP contribution in [-0.4, -0.2) is 47.9 Å². The maximum Gasteiger partial charge on any atom is 0.318 e. The molecule has 4 unspecified atom stereocenters. The van der Waals surface area contributed by atoms with E-state index in [1.165, 1.54) is 0 Å². The van der Waals surface area contributed by atoms with E-state index in [9.17, 15) is 14.4 Å². The molecule has 2 heterocycles. The van der Waals surface area contributed by atoms with Gasteiger partial charge in [-0.25, -0.2) is 0 Å². The van der Waals surface area contributed by atoms with Crippen molar-refractivity contribution in [3.05, 3.63) is 35.9 Å². The molecule has 2 saturated heterocycles. The van der Waals surface area contributed by atoms with Gasteiger partial charge in [0.15, 0.2) is 5.78 Å². The average Bonchev–Trinajstić information content (AvgIpc) is 2.92. The molecular formula is C20H25NO5. The fraction of sp³-hybridized carbons (Fsp3) is 0.550. The van der Waals surface area contributed by atoms with Gasteiger partial charge in [0.05, 0.1) is 13.2 Å². The number of ether oxygens (including phenoxy) is 2. The third-order valence-electron chi connectivity index (χ3n) is 5.28. The molecule has 2 aliphatic rings. The van der Waals surface area contributed by atoms with E-state index in [1.807, 2.05) is 30.3 Å². The van der Waals surface area contributed by atoms with E-state index < -0.39 is 23.8 Å². The number of carbonyl (C=O) groups is 3. The molecule has 0 aliphatic carbocycles.